The number of carbonyl (C=O) groups is 1. The zero-order valence-corrected chi connectivity index (χ0v) is 12.8. The van der Waals surface area contributed by atoms with Crippen molar-refractivity contribution < 1.29 is 14.6 Å². The molecule has 0 fully saturated rings. The number of benzene rings is 1. The Morgan fingerprint density at radius 1 is 1.25 bits per heavy atom. The topological polar surface area (TPSA) is 72.5 Å². The first-order valence-corrected chi connectivity index (χ1v) is 6.83. The van der Waals surface area contributed by atoms with Crippen LogP contribution in [0.25, 0.3) is 0 Å². The van der Waals surface area contributed by atoms with Crippen LogP contribution in [0, 0.1) is 6.92 Å². The van der Waals surface area contributed by atoms with E-state index in [0.717, 1.165) is 11.1 Å². The fourth-order valence-electron chi connectivity index (χ4n) is 2.17. The predicted octanol–water partition coefficient (Wildman–Crippen LogP) is 2.48. The minimum absolute atomic E-state index is 0.0746. The molecule has 4 heteroatoms. The summed E-state index contributed by atoms with van der Waals surface area (Å²) in [7, 11) is 1.64. The van der Waals surface area contributed by atoms with E-state index in [9.17, 15) is 9.90 Å². The van der Waals surface area contributed by atoms with Gasteiger partial charge < -0.3 is 15.6 Å². The molecule has 0 bridgehead atoms. The normalized spacial score (nSPS) is 14.8. The SMILES string of the molecule is COC(C)(C)CCC(CN)(C(=O)O)c1ccc(C)cc1. The van der Waals surface area contributed by atoms with E-state index in [1.807, 2.05) is 45.0 Å². The molecule has 1 aromatic carbocycles. The lowest BCUT2D eigenvalue weighted by Gasteiger charge is -2.32. The Labute approximate surface area is 120 Å². The van der Waals surface area contributed by atoms with Crippen molar-refractivity contribution in [1.29, 1.82) is 0 Å². The number of carboxylic acid groups (broad SMARTS) is 1. The Kier molecular flexibility index (Phi) is 5.31. The summed E-state index contributed by atoms with van der Waals surface area (Å²) in [5.41, 5.74) is 6.27. The minimum atomic E-state index is -1.05. The van der Waals surface area contributed by atoms with E-state index < -0.39 is 11.4 Å². The zero-order valence-electron chi connectivity index (χ0n) is 12.8. The molecular weight excluding hydrogens is 254 g/mol. The van der Waals surface area contributed by atoms with Crippen LogP contribution in [-0.2, 0) is 14.9 Å². The molecule has 0 aromatic heterocycles. The van der Waals surface area contributed by atoms with Crippen LogP contribution < -0.4 is 5.73 Å². The summed E-state index contributed by atoms with van der Waals surface area (Å²) in [6, 6.07) is 7.56. The average Bonchev–Trinajstić information content (AvgIpc) is 2.41. The highest BCUT2D eigenvalue weighted by molar-refractivity contribution is 5.81. The van der Waals surface area contributed by atoms with Gasteiger partial charge in [-0.05, 0) is 39.2 Å². The maximum atomic E-state index is 11.8. The molecule has 3 N–H and O–H groups in total. The maximum absolute atomic E-state index is 11.8. The summed E-state index contributed by atoms with van der Waals surface area (Å²) in [4.78, 5) is 11.8. The second kappa shape index (κ2) is 6.37. The predicted molar refractivity (Wildman–Crippen MR) is 79.9 cm³/mol. The summed E-state index contributed by atoms with van der Waals surface area (Å²) in [5.74, 6) is -0.879. The molecule has 0 radical (unpaired) electrons. The second-order valence-electron chi connectivity index (χ2n) is 5.92. The van der Waals surface area contributed by atoms with Crippen LogP contribution in [0.2, 0.25) is 0 Å². The van der Waals surface area contributed by atoms with Crippen molar-refractivity contribution in [2.75, 3.05) is 13.7 Å². The number of nitrogens with two attached hydrogens (primary N) is 1. The molecule has 0 saturated carbocycles. The van der Waals surface area contributed by atoms with Gasteiger partial charge in [0, 0.05) is 13.7 Å². The van der Waals surface area contributed by atoms with Gasteiger partial charge in [-0.25, -0.2) is 0 Å². The van der Waals surface area contributed by atoms with Crippen molar-refractivity contribution in [3.05, 3.63) is 35.4 Å². The van der Waals surface area contributed by atoms with Gasteiger partial charge in [-0.15, -0.1) is 0 Å². The number of hydrogen-bond donors (Lipinski definition) is 2. The number of carboxylic acids is 1. The first-order valence-electron chi connectivity index (χ1n) is 6.83. The van der Waals surface area contributed by atoms with Crippen molar-refractivity contribution in [2.24, 2.45) is 5.73 Å². The molecule has 0 aliphatic heterocycles. The highest BCUT2D eigenvalue weighted by Crippen LogP contribution is 2.32. The Hall–Kier alpha value is -1.39. The lowest BCUT2D eigenvalue weighted by molar-refractivity contribution is -0.144. The van der Waals surface area contributed by atoms with Crippen molar-refractivity contribution >= 4 is 5.97 Å². The van der Waals surface area contributed by atoms with E-state index >= 15 is 0 Å². The molecule has 0 heterocycles. The van der Waals surface area contributed by atoms with Crippen molar-refractivity contribution in [2.45, 2.75) is 44.6 Å². The fraction of sp³-hybridized carbons (Fsp3) is 0.562. The summed E-state index contributed by atoms with van der Waals surface area (Å²) < 4.78 is 5.38. The van der Waals surface area contributed by atoms with Crippen LogP contribution >= 0.6 is 0 Å². The lowest BCUT2D eigenvalue weighted by atomic mass is 9.74. The summed E-state index contributed by atoms with van der Waals surface area (Å²) >= 11 is 0. The average molecular weight is 279 g/mol. The minimum Gasteiger partial charge on any atom is -0.481 e. The zero-order chi connectivity index (χ0) is 15.4. The maximum Gasteiger partial charge on any atom is 0.315 e. The molecule has 4 nitrogen and oxygen atoms in total. The van der Waals surface area contributed by atoms with Crippen LogP contribution in [0.15, 0.2) is 24.3 Å². The summed E-state index contributed by atoms with van der Waals surface area (Å²) in [6.45, 7) is 5.95. The van der Waals surface area contributed by atoms with Gasteiger partial charge in [0.05, 0.1) is 5.60 Å². The van der Waals surface area contributed by atoms with E-state index in [0.29, 0.717) is 12.8 Å². The van der Waals surface area contributed by atoms with Gasteiger partial charge in [0.2, 0.25) is 0 Å². The summed E-state index contributed by atoms with van der Waals surface area (Å²) in [6.07, 6.45) is 1.07. The quantitative estimate of drug-likeness (QED) is 0.804. The van der Waals surface area contributed by atoms with Gasteiger partial charge in [-0.1, -0.05) is 29.8 Å². The van der Waals surface area contributed by atoms with Crippen molar-refractivity contribution in [3.8, 4) is 0 Å². The number of rotatable bonds is 7. The number of aryl methyl sites for hydroxylation is 1. The van der Waals surface area contributed by atoms with Crippen LogP contribution in [0.3, 0.4) is 0 Å². The molecule has 0 aliphatic carbocycles. The molecule has 20 heavy (non-hydrogen) atoms. The highest BCUT2D eigenvalue weighted by Gasteiger charge is 2.40. The van der Waals surface area contributed by atoms with E-state index in [1.165, 1.54) is 0 Å². The van der Waals surface area contributed by atoms with Crippen molar-refractivity contribution in [1.82, 2.24) is 0 Å². The molecule has 1 atom stereocenters. The smallest absolute Gasteiger partial charge is 0.315 e. The molecule has 0 saturated heterocycles. The van der Waals surface area contributed by atoms with E-state index in [4.69, 9.17) is 10.5 Å². The Morgan fingerprint density at radius 2 is 1.80 bits per heavy atom. The Balaban J connectivity index is 3.10. The highest BCUT2D eigenvalue weighted by atomic mass is 16.5. The third kappa shape index (κ3) is 3.58. The van der Waals surface area contributed by atoms with E-state index in [2.05, 4.69) is 0 Å². The first-order chi connectivity index (χ1) is 9.27. The van der Waals surface area contributed by atoms with Gasteiger partial charge in [-0.2, -0.15) is 0 Å². The van der Waals surface area contributed by atoms with Gasteiger partial charge >= 0.3 is 5.97 Å². The van der Waals surface area contributed by atoms with Crippen LogP contribution in [0.5, 0.6) is 0 Å². The fourth-order valence-corrected chi connectivity index (χ4v) is 2.17. The number of methoxy groups -OCH3 is 1. The molecule has 112 valence electrons. The number of hydrogen-bond acceptors (Lipinski definition) is 3. The third-order valence-corrected chi connectivity index (χ3v) is 4.07. The molecule has 1 aromatic rings. The number of aliphatic carboxylic acids is 1. The monoisotopic (exact) mass is 279 g/mol. The lowest BCUT2D eigenvalue weighted by Crippen LogP contribution is -2.44. The van der Waals surface area contributed by atoms with Crippen molar-refractivity contribution in [3.63, 3.8) is 0 Å². The molecule has 0 amide bonds. The van der Waals surface area contributed by atoms with Gasteiger partial charge in [-0.3, -0.25) is 4.79 Å². The largest absolute Gasteiger partial charge is 0.481 e. The van der Waals surface area contributed by atoms with Gasteiger partial charge in [0.25, 0.3) is 0 Å². The standard InChI is InChI=1S/C16H25NO3/c1-12-5-7-13(8-6-12)16(11-17,14(18)19)10-9-15(2,3)20-4/h5-8H,9-11,17H2,1-4H3,(H,18,19). The third-order valence-electron chi connectivity index (χ3n) is 4.07. The van der Waals surface area contributed by atoms with E-state index in [1.54, 1.807) is 7.11 Å². The second-order valence-corrected chi connectivity index (χ2v) is 5.92. The van der Waals surface area contributed by atoms with Crippen LogP contribution in [0.4, 0.5) is 0 Å². The van der Waals surface area contributed by atoms with Crippen LogP contribution in [0.1, 0.15) is 37.8 Å². The van der Waals surface area contributed by atoms with Crippen LogP contribution in [-0.4, -0.2) is 30.3 Å². The number of ether oxygens (including phenoxy) is 1. The van der Waals surface area contributed by atoms with Gasteiger partial charge in [0.1, 0.15) is 5.41 Å². The summed E-state index contributed by atoms with van der Waals surface area (Å²) in [5, 5.41) is 9.70. The van der Waals surface area contributed by atoms with E-state index in [-0.39, 0.29) is 12.1 Å². The Morgan fingerprint density at radius 3 is 2.20 bits per heavy atom. The molecule has 1 unspecified atom stereocenters. The molecule has 0 aliphatic rings. The van der Waals surface area contributed by atoms with Gasteiger partial charge in [0.15, 0.2) is 0 Å². The molecular formula is C16H25NO3. The Bertz CT molecular complexity index is 453. The molecule has 0 spiro atoms. The molecule has 1 rings (SSSR count). The first kappa shape index (κ1) is 16.7.